The molecule has 114 valence electrons. The highest BCUT2D eigenvalue weighted by atomic mass is 32.1. The molecule has 1 heterocycles. The molecule has 3 aromatic rings. The minimum atomic E-state index is 0.456. The van der Waals surface area contributed by atoms with E-state index in [0.717, 1.165) is 28.3 Å². The molecule has 0 saturated heterocycles. The van der Waals surface area contributed by atoms with Crippen molar-refractivity contribution in [3.05, 3.63) is 66.4 Å². The summed E-state index contributed by atoms with van der Waals surface area (Å²) in [6.45, 7) is 0.456. The number of isothiocyanates is 1. The summed E-state index contributed by atoms with van der Waals surface area (Å²) < 4.78 is 7.06. The van der Waals surface area contributed by atoms with Crippen LogP contribution in [0.25, 0.3) is 16.9 Å². The Morgan fingerprint density at radius 2 is 1.87 bits per heavy atom. The smallest absolute Gasteiger partial charge is 0.118 e. The maximum absolute atomic E-state index is 5.21. The molecule has 0 bridgehead atoms. The highest BCUT2D eigenvalue weighted by Crippen LogP contribution is 2.26. The van der Waals surface area contributed by atoms with Gasteiger partial charge in [-0.3, -0.25) is 0 Å². The van der Waals surface area contributed by atoms with Crippen molar-refractivity contribution in [2.45, 2.75) is 6.54 Å². The number of hydrogen-bond acceptors (Lipinski definition) is 4. The van der Waals surface area contributed by atoms with E-state index in [9.17, 15) is 0 Å². The molecular weight excluding hydrogens is 306 g/mol. The molecule has 0 N–H and O–H groups in total. The second kappa shape index (κ2) is 7.01. The van der Waals surface area contributed by atoms with Gasteiger partial charge in [-0.25, -0.2) is 9.67 Å². The molecule has 1 aromatic heterocycles. The van der Waals surface area contributed by atoms with Gasteiger partial charge in [0.2, 0.25) is 0 Å². The minimum absolute atomic E-state index is 0.456. The molecule has 0 aliphatic heterocycles. The zero-order chi connectivity index (χ0) is 16.1. The molecule has 0 atom stereocenters. The zero-order valence-electron chi connectivity index (χ0n) is 12.6. The van der Waals surface area contributed by atoms with E-state index < -0.39 is 0 Å². The standard InChI is InChI=1S/C18H15N3OS/c1-22-17-9-7-14(8-10-17)18-15(11-19-13-23)12-21(20-18)16-5-3-2-4-6-16/h2-10,12H,11H2,1H3. The first-order valence-electron chi connectivity index (χ1n) is 7.14. The molecule has 0 radical (unpaired) electrons. The van der Waals surface area contributed by atoms with Crippen molar-refractivity contribution in [1.82, 2.24) is 9.78 Å². The van der Waals surface area contributed by atoms with Crippen LogP contribution in [-0.4, -0.2) is 22.1 Å². The molecule has 3 rings (SSSR count). The largest absolute Gasteiger partial charge is 0.497 e. The summed E-state index contributed by atoms with van der Waals surface area (Å²) in [6, 6.07) is 17.8. The molecule has 0 aliphatic carbocycles. The predicted molar refractivity (Wildman–Crippen MR) is 94.3 cm³/mol. The van der Waals surface area contributed by atoms with Crippen LogP contribution in [0, 0.1) is 0 Å². The first-order chi connectivity index (χ1) is 11.3. The van der Waals surface area contributed by atoms with Gasteiger partial charge in [0, 0.05) is 17.3 Å². The van der Waals surface area contributed by atoms with Crippen LogP contribution in [0.2, 0.25) is 0 Å². The Kier molecular flexibility index (Phi) is 4.62. The maximum Gasteiger partial charge on any atom is 0.118 e. The Morgan fingerprint density at radius 1 is 1.13 bits per heavy atom. The van der Waals surface area contributed by atoms with Crippen LogP contribution in [0.4, 0.5) is 0 Å². The summed E-state index contributed by atoms with van der Waals surface area (Å²) in [7, 11) is 1.65. The van der Waals surface area contributed by atoms with Gasteiger partial charge in [-0.1, -0.05) is 18.2 Å². The summed E-state index contributed by atoms with van der Waals surface area (Å²) in [5.74, 6) is 0.815. The number of hydrogen-bond donors (Lipinski definition) is 0. The molecular formula is C18H15N3OS. The van der Waals surface area contributed by atoms with Gasteiger partial charge in [0.15, 0.2) is 0 Å². The number of methoxy groups -OCH3 is 1. The average molecular weight is 321 g/mol. The fourth-order valence-electron chi connectivity index (χ4n) is 2.35. The van der Waals surface area contributed by atoms with E-state index in [1.165, 1.54) is 0 Å². The normalized spacial score (nSPS) is 10.1. The molecule has 0 fully saturated rings. The van der Waals surface area contributed by atoms with Gasteiger partial charge in [0.05, 0.1) is 30.2 Å². The quantitative estimate of drug-likeness (QED) is 0.523. The second-order valence-corrected chi connectivity index (χ2v) is 5.10. The molecule has 0 saturated carbocycles. The predicted octanol–water partition coefficient (Wildman–Crippen LogP) is 4.15. The zero-order valence-corrected chi connectivity index (χ0v) is 13.5. The minimum Gasteiger partial charge on any atom is -0.497 e. The van der Waals surface area contributed by atoms with Crippen LogP contribution in [0.15, 0.2) is 65.8 Å². The third-order valence-corrected chi connectivity index (χ3v) is 3.62. The van der Waals surface area contributed by atoms with E-state index in [1.54, 1.807) is 7.11 Å². The Morgan fingerprint density at radius 3 is 2.52 bits per heavy atom. The van der Waals surface area contributed by atoms with Crippen molar-refractivity contribution >= 4 is 17.4 Å². The third kappa shape index (κ3) is 3.37. The number of benzene rings is 2. The number of aromatic nitrogens is 2. The lowest BCUT2D eigenvalue weighted by molar-refractivity contribution is 0.415. The second-order valence-electron chi connectivity index (χ2n) is 4.92. The molecule has 5 heteroatoms. The van der Waals surface area contributed by atoms with Crippen molar-refractivity contribution in [2.24, 2.45) is 4.99 Å². The number of ether oxygens (including phenoxy) is 1. The monoisotopic (exact) mass is 321 g/mol. The summed E-state index contributed by atoms with van der Waals surface area (Å²) in [5, 5.41) is 7.13. The highest BCUT2D eigenvalue weighted by Gasteiger charge is 2.12. The van der Waals surface area contributed by atoms with Crippen molar-refractivity contribution in [3.8, 4) is 22.7 Å². The lowest BCUT2D eigenvalue weighted by atomic mass is 10.1. The fraction of sp³-hybridized carbons (Fsp3) is 0.111. The first kappa shape index (κ1) is 15.2. The summed E-state index contributed by atoms with van der Waals surface area (Å²) in [5.41, 5.74) is 3.89. The molecule has 0 spiro atoms. The number of para-hydroxylation sites is 1. The maximum atomic E-state index is 5.21. The Bertz CT molecular complexity index is 834. The van der Waals surface area contributed by atoms with Crippen molar-refractivity contribution in [2.75, 3.05) is 7.11 Å². The molecule has 23 heavy (non-hydrogen) atoms. The Labute approximate surface area is 140 Å². The lowest BCUT2D eigenvalue weighted by Gasteiger charge is -2.03. The SMILES string of the molecule is COc1ccc(-c2nn(-c3ccccc3)cc2CN=C=S)cc1. The van der Waals surface area contributed by atoms with Gasteiger partial charge >= 0.3 is 0 Å². The van der Waals surface area contributed by atoms with Gasteiger partial charge in [-0.2, -0.15) is 5.10 Å². The first-order valence-corrected chi connectivity index (χ1v) is 7.54. The molecule has 0 amide bonds. The topological polar surface area (TPSA) is 39.4 Å². The molecule has 2 aromatic carbocycles. The van der Waals surface area contributed by atoms with Crippen LogP contribution in [-0.2, 0) is 6.54 Å². The number of aliphatic imine (C=N–C) groups is 1. The fourth-order valence-corrected chi connectivity index (χ4v) is 2.41. The van der Waals surface area contributed by atoms with E-state index in [-0.39, 0.29) is 0 Å². The van der Waals surface area contributed by atoms with Crippen LogP contribution >= 0.6 is 12.2 Å². The van der Waals surface area contributed by atoms with E-state index in [2.05, 4.69) is 22.4 Å². The number of rotatable bonds is 5. The van der Waals surface area contributed by atoms with Gasteiger partial charge in [0.25, 0.3) is 0 Å². The Balaban J connectivity index is 2.06. The van der Waals surface area contributed by atoms with Crippen LogP contribution in [0.1, 0.15) is 5.56 Å². The van der Waals surface area contributed by atoms with Crippen molar-refractivity contribution in [3.63, 3.8) is 0 Å². The number of thiocarbonyl (C=S) groups is 1. The Hall–Kier alpha value is -2.75. The lowest BCUT2D eigenvalue weighted by Crippen LogP contribution is -1.94. The summed E-state index contributed by atoms with van der Waals surface area (Å²) in [4.78, 5) is 4.06. The highest BCUT2D eigenvalue weighted by molar-refractivity contribution is 7.78. The summed E-state index contributed by atoms with van der Waals surface area (Å²) in [6.07, 6.45) is 1.98. The van der Waals surface area contributed by atoms with Crippen LogP contribution in [0.3, 0.4) is 0 Å². The van der Waals surface area contributed by atoms with Gasteiger partial charge in [-0.15, -0.1) is 0 Å². The van der Waals surface area contributed by atoms with Gasteiger partial charge < -0.3 is 4.74 Å². The summed E-state index contributed by atoms with van der Waals surface area (Å²) >= 11 is 4.68. The van der Waals surface area contributed by atoms with Crippen LogP contribution < -0.4 is 4.74 Å². The van der Waals surface area contributed by atoms with E-state index >= 15 is 0 Å². The molecule has 4 nitrogen and oxygen atoms in total. The van der Waals surface area contributed by atoms with E-state index in [4.69, 9.17) is 9.84 Å². The van der Waals surface area contributed by atoms with E-state index in [1.807, 2.05) is 65.5 Å². The van der Waals surface area contributed by atoms with Crippen molar-refractivity contribution in [1.29, 1.82) is 0 Å². The van der Waals surface area contributed by atoms with E-state index in [0.29, 0.717) is 6.54 Å². The molecule has 0 aliphatic rings. The average Bonchev–Trinajstić information content (AvgIpc) is 3.05. The van der Waals surface area contributed by atoms with Crippen LogP contribution in [0.5, 0.6) is 5.75 Å². The van der Waals surface area contributed by atoms with Gasteiger partial charge in [-0.05, 0) is 48.6 Å². The number of nitrogens with zero attached hydrogens (tertiary/aromatic N) is 3. The molecule has 0 unspecified atom stereocenters. The third-order valence-electron chi connectivity index (χ3n) is 3.49. The van der Waals surface area contributed by atoms with Gasteiger partial charge in [0.1, 0.15) is 5.75 Å². The van der Waals surface area contributed by atoms with Crippen molar-refractivity contribution < 1.29 is 4.74 Å².